The zero-order valence-electron chi connectivity index (χ0n) is 8.90. The van der Waals surface area contributed by atoms with Crippen LogP contribution in [0.15, 0.2) is 30.5 Å². The van der Waals surface area contributed by atoms with Crippen molar-refractivity contribution in [2.45, 2.75) is 26.3 Å². The Morgan fingerprint density at radius 2 is 2.07 bits per heavy atom. The summed E-state index contributed by atoms with van der Waals surface area (Å²) in [4.78, 5) is 2.41. The molecule has 1 atom stereocenters. The van der Waals surface area contributed by atoms with Gasteiger partial charge in [0.05, 0.1) is 6.04 Å². The molecule has 0 fully saturated rings. The minimum Gasteiger partial charge on any atom is -0.371 e. The summed E-state index contributed by atoms with van der Waals surface area (Å²) in [6, 6.07) is 9.16. The van der Waals surface area contributed by atoms with Crippen molar-refractivity contribution >= 4 is 6.08 Å². The summed E-state index contributed by atoms with van der Waals surface area (Å²) >= 11 is 0. The van der Waals surface area contributed by atoms with Crippen LogP contribution in [0.1, 0.15) is 37.4 Å². The highest BCUT2D eigenvalue weighted by Crippen LogP contribution is 2.29. The standard InChI is InChI=1S/C13H17N/c1-3-9-14-10-8-12-6-4-5-7-13(12)11(14)2/h4-8,10-11H,3,9H2,1-2H3. The second-order valence-corrected chi connectivity index (χ2v) is 3.86. The smallest absolute Gasteiger partial charge is 0.0514 e. The van der Waals surface area contributed by atoms with E-state index in [1.54, 1.807) is 0 Å². The average Bonchev–Trinajstić information content (AvgIpc) is 2.23. The second kappa shape index (κ2) is 3.87. The highest BCUT2D eigenvalue weighted by Gasteiger charge is 2.17. The number of fused-ring (bicyclic) bond motifs is 1. The van der Waals surface area contributed by atoms with Crippen LogP contribution in [-0.2, 0) is 0 Å². The van der Waals surface area contributed by atoms with E-state index in [1.165, 1.54) is 17.5 Å². The van der Waals surface area contributed by atoms with Crippen LogP contribution in [0.4, 0.5) is 0 Å². The third-order valence-electron chi connectivity index (χ3n) is 2.87. The van der Waals surface area contributed by atoms with Gasteiger partial charge in [-0.3, -0.25) is 0 Å². The van der Waals surface area contributed by atoms with Crippen molar-refractivity contribution in [2.24, 2.45) is 0 Å². The topological polar surface area (TPSA) is 3.24 Å². The highest BCUT2D eigenvalue weighted by molar-refractivity contribution is 5.56. The first kappa shape index (κ1) is 9.32. The minimum absolute atomic E-state index is 0.524. The SMILES string of the molecule is CCCN1C=Cc2ccccc2C1C. The van der Waals surface area contributed by atoms with Gasteiger partial charge < -0.3 is 4.90 Å². The maximum Gasteiger partial charge on any atom is 0.0514 e. The Morgan fingerprint density at radius 3 is 2.86 bits per heavy atom. The van der Waals surface area contributed by atoms with E-state index >= 15 is 0 Å². The zero-order valence-corrected chi connectivity index (χ0v) is 8.90. The molecule has 1 aromatic carbocycles. The van der Waals surface area contributed by atoms with E-state index in [-0.39, 0.29) is 0 Å². The molecule has 1 nitrogen and oxygen atoms in total. The molecule has 0 saturated heterocycles. The molecule has 1 aliphatic heterocycles. The van der Waals surface area contributed by atoms with Crippen molar-refractivity contribution in [2.75, 3.05) is 6.54 Å². The Hall–Kier alpha value is -1.24. The summed E-state index contributed by atoms with van der Waals surface area (Å²) < 4.78 is 0. The van der Waals surface area contributed by atoms with Crippen LogP contribution < -0.4 is 0 Å². The molecular formula is C13H17N. The summed E-state index contributed by atoms with van der Waals surface area (Å²) in [6.45, 7) is 5.64. The van der Waals surface area contributed by atoms with Crippen LogP contribution in [0.5, 0.6) is 0 Å². The molecule has 0 radical (unpaired) electrons. The highest BCUT2D eigenvalue weighted by atomic mass is 15.1. The predicted octanol–water partition coefficient (Wildman–Crippen LogP) is 3.44. The van der Waals surface area contributed by atoms with Crippen molar-refractivity contribution in [3.63, 3.8) is 0 Å². The Morgan fingerprint density at radius 1 is 1.29 bits per heavy atom. The van der Waals surface area contributed by atoms with E-state index in [2.05, 4.69) is 55.3 Å². The number of rotatable bonds is 2. The fourth-order valence-corrected chi connectivity index (χ4v) is 2.05. The average molecular weight is 187 g/mol. The van der Waals surface area contributed by atoms with Gasteiger partial charge in [-0.2, -0.15) is 0 Å². The van der Waals surface area contributed by atoms with Gasteiger partial charge in [0.15, 0.2) is 0 Å². The maximum absolute atomic E-state index is 2.41. The molecule has 0 aromatic heterocycles. The van der Waals surface area contributed by atoms with Gasteiger partial charge in [-0.1, -0.05) is 31.2 Å². The van der Waals surface area contributed by atoms with Gasteiger partial charge in [0.1, 0.15) is 0 Å². The molecular weight excluding hydrogens is 170 g/mol. The number of hydrogen-bond acceptors (Lipinski definition) is 1. The molecule has 2 rings (SSSR count). The van der Waals surface area contributed by atoms with Crippen molar-refractivity contribution < 1.29 is 0 Å². The van der Waals surface area contributed by atoms with E-state index < -0.39 is 0 Å². The van der Waals surface area contributed by atoms with Crippen molar-refractivity contribution in [1.29, 1.82) is 0 Å². The monoisotopic (exact) mass is 187 g/mol. The summed E-state index contributed by atoms with van der Waals surface area (Å²) in [5.74, 6) is 0. The lowest BCUT2D eigenvalue weighted by atomic mass is 9.97. The van der Waals surface area contributed by atoms with Gasteiger partial charge in [-0.25, -0.2) is 0 Å². The predicted molar refractivity (Wildman–Crippen MR) is 60.9 cm³/mol. The van der Waals surface area contributed by atoms with E-state index in [0.29, 0.717) is 6.04 Å². The fourth-order valence-electron chi connectivity index (χ4n) is 2.05. The Kier molecular flexibility index (Phi) is 2.58. The Labute approximate surface area is 86.1 Å². The van der Waals surface area contributed by atoms with Gasteiger partial charge in [0.25, 0.3) is 0 Å². The van der Waals surface area contributed by atoms with Crippen LogP contribution in [-0.4, -0.2) is 11.4 Å². The van der Waals surface area contributed by atoms with Crippen LogP contribution in [0.3, 0.4) is 0 Å². The number of benzene rings is 1. The molecule has 1 unspecified atom stereocenters. The van der Waals surface area contributed by atoms with Crippen LogP contribution in [0.2, 0.25) is 0 Å². The molecule has 0 amide bonds. The third-order valence-corrected chi connectivity index (χ3v) is 2.87. The molecule has 0 N–H and O–H groups in total. The normalized spacial score (nSPS) is 19.6. The summed E-state index contributed by atoms with van der Waals surface area (Å²) in [5, 5.41) is 0. The number of nitrogens with zero attached hydrogens (tertiary/aromatic N) is 1. The lowest BCUT2D eigenvalue weighted by Gasteiger charge is -2.32. The first-order valence-corrected chi connectivity index (χ1v) is 5.36. The van der Waals surface area contributed by atoms with Gasteiger partial charge in [-0.05, 0) is 30.5 Å². The van der Waals surface area contributed by atoms with Crippen molar-refractivity contribution in [3.05, 3.63) is 41.6 Å². The molecule has 0 saturated carbocycles. The van der Waals surface area contributed by atoms with E-state index in [0.717, 1.165) is 6.54 Å². The Balaban J connectivity index is 2.30. The molecule has 0 aliphatic carbocycles. The lowest BCUT2D eigenvalue weighted by molar-refractivity contribution is 0.296. The van der Waals surface area contributed by atoms with E-state index in [9.17, 15) is 0 Å². The molecule has 74 valence electrons. The summed E-state index contributed by atoms with van der Waals surface area (Å²) in [7, 11) is 0. The van der Waals surface area contributed by atoms with E-state index in [1.807, 2.05) is 0 Å². The maximum atomic E-state index is 2.41. The van der Waals surface area contributed by atoms with Gasteiger partial charge in [0.2, 0.25) is 0 Å². The van der Waals surface area contributed by atoms with E-state index in [4.69, 9.17) is 0 Å². The fraction of sp³-hybridized carbons (Fsp3) is 0.385. The summed E-state index contributed by atoms with van der Waals surface area (Å²) in [6.07, 6.45) is 5.64. The first-order chi connectivity index (χ1) is 6.83. The molecule has 14 heavy (non-hydrogen) atoms. The molecule has 0 spiro atoms. The van der Waals surface area contributed by atoms with Crippen molar-refractivity contribution in [1.82, 2.24) is 4.90 Å². The summed E-state index contributed by atoms with van der Waals surface area (Å²) in [5.41, 5.74) is 2.82. The molecule has 0 bridgehead atoms. The van der Waals surface area contributed by atoms with Crippen LogP contribution >= 0.6 is 0 Å². The molecule has 1 aliphatic rings. The third kappa shape index (κ3) is 1.54. The van der Waals surface area contributed by atoms with Gasteiger partial charge in [-0.15, -0.1) is 0 Å². The second-order valence-electron chi connectivity index (χ2n) is 3.86. The zero-order chi connectivity index (χ0) is 9.97. The number of hydrogen-bond donors (Lipinski definition) is 0. The van der Waals surface area contributed by atoms with Crippen LogP contribution in [0, 0.1) is 0 Å². The molecule has 1 heteroatoms. The Bertz CT molecular complexity index is 341. The minimum atomic E-state index is 0.524. The lowest BCUT2D eigenvalue weighted by Crippen LogP contribution is -2.24. The largest absolute Gasteiger partial charge is 0.371 e. The quantitative estimate of drug-likeness (QED) is 0.685. The first-order valence-electron chi connectivity index (χ1n) is 5.36. The van der Waals surface area contributed by atoms with Crippen LogP contribution in [0.25, 0.3) is 6.08 Å². The van der Waals surface area contributed by atoms with Gasteiger partial charge in [0, 0.05) is 12.7 Å². The molecule has 1 heterocycles. The van der Waals surface area contributed by atoms with Crippen molar-refractivity contribution in [3.8, 4) is 0 Å². The molecule has 1 aromatic rings. The van der Waals surface area contributed by atoms with Gasteiger partial charge >= 0.3 is 0 Å².